The van der Waals surface area contributed by atoms with Crippen molar-refractivity contribution in [3.8, 4) is 17.2 Å². The van der Waals surface area contributed by atoms with Crippen molar-refractivity contribution < 1.29 is 18.9 Å². The zero-order valence-electron chi connectivity index (χ0n) is 14.0. The Morgan fingerprint density at radius 2 is 1.68 bits per heavy atom. The molecule has 0 spiro atoms. The van der Waals surface area contributed by atoms with E-state index in [1.165, 1.54) is 0 Å². The average molecular weight is 309 g/mol. The third kappa shape index (κ3) is 4.52. The van der Waals surface area contributed by atoms with Crippen LogP contribution in [0.25, 0.3) is 0 Å². The summed E-state index contributed by atoms with van der Waals surface area (Å²) in [6.07, 6.45) is 1.57. The van der Waals surface area contributed by atoms with Gasteiger partial charge in [0.05, 0.1) is 33.0 Å². The molecule has 2 rings (SSSR count). The summed E-state index contributed by atoms with van der Waals surface area (Å²) in [6, 6.07) is 5.65. The molecule has 1 aliphatic rings. The number of ether oxygens (including phenoxy) is 4. The molecule has 2 unspecified atom stereocenters. The van der Waals surface area contributed by atoms with Crippen molar-refractivity contribution in [2.24, 2.45) is 0 Å². The second kappa shape index (κ2) is 8.25. The Labute approximate surface area is 133 Å². The molecule has 1 aromatic carbocycles. The highest BCUT2D eigenvalue weighted by Gasteiger charge is 2.21. The zero-order valence-corrected chi connectivity index (χ0v) is 14.0. The van der Waals surface area contributed by atoms with Gasteiger partial charge in [-0.05, 0) is 32.4 Å². The summed E-state index contributed by atoms with van der Waals surface area (Å²) in [6.45, 7) is 7.87. The van der Waals surface area contributed by atoms with Gasteiger partial charge in [-0.3, -0.25) is 4.90 Å². The molecule has 1 aromatic rings. The van der Waals surface area contributed by atoms with Crippen LogP contribution in [-0.2, 0) is 4.74 Å². The van der Waals surface area contributed by atoms with Crippen LogP contribution in [0.2, 0.25) is 0 Å². The molecule has 5 heteroatoms. The Morgan fingerprint density at radius 3 is 2.23 bits per heavy atom. The van der Waals surface area contributed by atoms with Gasteiger partial charge in [0, 0.05) is 19.6 Å². The molecule has 0 aliphatic carbocycles. The van der Waals surface area contributed by atoms with E-state index in [1.807, 2.05) is 18.2 Å². The SMILES string of the molecule is COc1cccc(OC)c1OCCCN1CC(C)OC(C)C1. The van der Waals surface area contributed by atoms with Gasteiger partial charge < -0.3 is 18.9 Å². The molecule has 124 valence electrons. The second-order valence-electron chi connectivity index (χ2n) is 5.71. The second-order valence-corrected chi connectivity index (χ2v) is 5.71. The summed E-state index contributed by atoms with van der Waals surface area (Å²) < 4.78 is 22.3. The van der Waals surface area contributed by atoms with Crippen LogP contribution in [0, 0.1) is 0 Å². The summed E-state index contributed by atoms with van der Waals surface area (Å²) in [5, 5.41) is 0. The maximum Gasteiger partial charge on any atom is 0.203 e. The molecule has 0 radical (unpaired) electrons. The maximum absolute atomic E-state index is 5.89. The molecule has 0 bridgehead atoms. The van der Waals surface area contributed by atoms with Gasteiger partial charge in [0.2, 0.25) is 5.75 Å². The first-order valence-corrected chi connectivity index (χ1v) is 7.85. The van der Waals surface area contributed by atoms with Crippen LogP contribution in [0.15, 0.2) is 18.2 Å². The maximum atomic E-state index is 5.89. The predicted molar refractivity (Wildman–Crippen MR) is 86.1 cm³/mol. The fraction of sp³-hybridized carbons (Fsp3) is 0.647. The van der Waals surface area contributed by atoms with Crippen LogP contribution >= 0.6 is 0 Å². The number of rotatable bonds is 7. The van der Waals surface area contributed by atoms with Crippen molar-refractivity contribution in [3.05, 3.63) is 18.2 Å². The zero-order chi connectivity index (χ0) is 15.9. The molecule has 1 saturated heterocycles. The molecular weight excluding hydrogens is 282 g/mol. The number of hydrogen-bond donors (Lipinski definition) is 0. The Balaban J connectivity index is 1.81. The van der Waals surface area contributed by atoms with E-state index in [0.717, 1.165) is 26.1 Å². The summed E-state index contributed by atoms with van der Waals surface area (Å²) in [5.41, 5.74) is 0. The van der Waals surface area contributed by atoms with Crippen molar-refractivity contribution >= 4 is 0 Å². The summed E-state index contributed by atoms with van der Waals surface area (Å²) >= 11 is 0. The molecule has 1 heterocycles. The lowest BCUT2D eigenvalue weighted by molar-refractivity contribution is -0.0686. The molecule has 0 saturated carbocycles. The highest BCUT2D eigenvalue weighted by molar-refractivity contribution is 5.51. The van der Waals surface area contributed by atoms with Gasteiger partial charge in [-0.25, -0.2) is 0 Å². The summed E-state index contributed by atoms with van der Waals surface area (Å²) in [5.74, 6) is 2.08. The Morgan fingerprint density at radius 1 is 1.09 bits per heavy atom. The van der Waals surface area contributed by atoms with Gasteiger partial charge in [-0.2, -0.15) is 0 Å². The van der Waals surface area contributed by atoms with E-state index in [1.54, 1.807) is 14.2 Å². The highest BCUT2D eigenvalue weighted by Crippen LogP contribution is 2.36. The van der Waals surface area contributed by atoms with Crippen molar-refractivity contribution in [2.75, 3.05) is 40.5 Å². The van der Waals surface area contributed by atoms with Gasteiger partial charge in [-0.15, -0.1) is 0 Å². The van der Waals surface area contributed by atoms with Crippen molar-refractivity contribution in [3.63, 3.8) is 0 Å². The van der Waals surface area contributed by atoms with Gasteiger partial charge in [0.25, 0.3) is 0 Å². The van der Waals surface area contributed by atoms with Crippen molar-refractivity contribution in [2.45, 2.75) is 32.5 Å². The van der Waals surface area contributed by atoms with E-state index < -0.39 is 0 Å². The third-order valence-corrected chi connectivity index (χ3v) is 3.74. The van der Waals surface area contributed by atoms with E-state index >= 15 is 0 Å². The topological polar surface area (TPSA) is 40.2 Å². The number of benzene rings is 1. The number of hydrogen-bond acceptors (Lipinski definition) is 5. The monoisotopic (exact) mass is 309 g/mol. The van der Waals surface area contributed by atoms with E-state index in [4.69, 9.17) is 18.9 Å². The van der Waals surface area contributed by atoms with E-state index in [-0.39, 0.29) is 0 Å². The minimum Gasteiger partial charge on any atom is -0.493 e. The normalized spacial score (nSPS) is 22.4. The van der Waals surface area contributed by atoms with Gasteiger partial charge in [-0.1, -0.05) is 6.07 Å². The van der Waals surface area contributed by atoms with Crippen LogP contribution < -0.4 is 14.2 Å². The van der Waals surface area contributed by atoms with E-state index in [9.17, 15) is 0 Å². The summed E-state index contributed by atoms with van der Waals surface area (Å²) in [4.78, 5) is 2.43. The van der Waals surface area contributed by atoms with Crippen LogP contribution in [0.5, 0.6) is 17.2 Å². The van der Waals surface area contributed by atoms with Crippen LogP contribution in [0.4, 0.5) is 0 Å². The molecule has 22 heavy (non-hydrogen) atoms. The highest BCUT2D eigenvalue weighted by atomic mass is 16.5. The first-order chi connectivity index (χ1) is 10.6. The quantitative estimate of drug-likeness (QED) is 0.724. The van der Waals surface area contributed by atoms with E-state index in [0.29, 0.717) is 36.1 Å². The van der Waals surface area contributed by atoms with Gasteiger partial charge in [0.15, 0.2) is 11.5 Å². The average Bonchev–Trinajstić information content (AvgIpc) is 2.50. The molecule has 0 amide bonds. The molecular formula is C17H27NO4. The minimum absolute atomic E-state index is 0.305. The van der Waals surface area contributed by atoms with Crippen LogP contribution in [0.1, 0.15) is 20.3 Å². The number of morpholine rings is 1. The Bertz CT molecular complexity index is 434. The molecule has 0 N–H and O–H groups in total. The fourth-order valence-corrected chi connectivity index (χ4v) is 2.89. The lowest BCUT2D eigenvalue weighted by atomic mass is 10.2. The van der Waals surface area contributed by atoms with Gasteiger partial charge in [0.1, 0.15) is 0 Å². The van der Waals surface area contributed by atoms with Crippen LogP contribution in [-0.4, -0.2) is 57.6 Å². The smallest absolute Gasteiger partial charge is 0.203 e. The number of para-hydroxylation sites is 1. The van der Waals surface area contributed by atoms with Gasteiger partial charge >= 0.3 is 0 Å². The predicted octanol–water partition coefficient (Wildman–Crippen LogP) is 2.58. The Hall–Kier alpha value is -1.46. The van der Waals surface area contributed by atoms with Crippen LogP contribution in [0.3, 0.4) is 0 Å². The lowest BCUT2D eigenvalue weighted by Crippen LogP contribution is -2.45. The first-order valence-electron chi connectivity index (χ1n) is 7.85. The third-order valence-electron chi connectivity index (χ3n) is 3.74. The molecule has 1 aliphatic heterocycles. The van der Waals surface area contributed by atoms with E-state index in [2.05, 4.69) is 18.7 Å². The first kappa shape index (κ1) is 16.9. The molecule has 0 aromatic heterocycles. The molecule has 5 nitrogen and oxygen atoms in total. The fourth-order valence-electron chi connectivity index (χ4n) is 2.89. The standard InChI is InChI=1S/C17H27NO4/c1-13-11-18(12-14(2)22-13)9-6-10-21-17-15(19-3)7-5-8-16(17)20-4/h5,7-8,13-14H,6,9-12H2,1-4H3. The largest absolute Gasteiger partial charge is 0.493 e. The number of methoxy groups -OCH3 is 2. The lowest BCUT2D eigenvalue weighted by Gasteiger charge is -2.35. The molecule has 1 fully saturated rings. The minimum atomic E-state index is 0.305. The summed E-state index contributed by atoms with van der Waals surface area (Å²) in [7, 11) is 3.27. The Kier molecular flexibility index (Phi) is 6.34. The number of nitrogens with zero attached hydrogens (tertiary/aromatic N) is 1. The van der Waals surface area contributed by atoms with Crippen molar-refractivity contribution in [1.82, 2.24) is 4.90 Å². The molecule has 2 atom stereocenters. The van der Waals surface area contributed by atoms with Crippen molar-refractivity contribution in [1.29, 1.82) is 0 Å².